The maximum atomic E-state index is 13.5. The van der Waals surface area contributed by atoms with Gasteiger partial charge in [0.25, 0.3) is 5.69 Å². The Hall–Kier alpha value is -3.63. The Morgan fingerprint density at radius 3 is 2.46 bits per heavy atom. The van der Waals surface area contributed by atoms with Crippen LogP contribution in [0.1, 0.15) is 24.5 Å². The average molecular weight is 482 g/mol. The van der Waals surface area contributed by atoms with E-state index in [9.17, 15) is 29.6 Å². The molecule has 4 rings (SSSR count). The van der Waals surface area contributed by atoms with Crippen molar-refractivity contribution in [1.29, 1.82) is 0 Å². The van der Waals surface area contributed by atoms with E-state index in [-0.39, 0.29) is 25.3 Å². The molecule has 35 heavy (non-hydrogen) atoms. The van der Waals surface area contributed by atoms with Crippen molar-refractivity contribution in [3.05, 3.63) is 75.8 Å². The van der Waals surface area contributed by atoms with Crippen LogP contribution in [0.25, 0.3) is 0 Å². The van der Waals surface area contributed by atoms with Crippen LogP contribution in [0.3, 0.4) is 0 Å². The molecule has 2 fully saturated rings. The van der Waals surface area contributed by atoms with E-state index < -0.39 is 46.2 Å². The summed E-state index contributed by atoms with van der Waals surface area (Å²) < 4.78 is 5.52. The fourth-order valence-corrected chi connectivity index (χ4v) is 5.04. The normalized spacial score (nSPS) is 24.2. The molecular formula is C25H27N3O7. The molecule has 2 aliphatic rings. The summed E-state index contributed by atoms with van der Waals surface area (Å²) in [5.41, 5.74) is -0.431. The third kappa shape index (κ3) is 4.42. The average Bonchev–Trinajstić information content (AvgIpc) is 3.06. The van der Waals surface area contributed by atoms with Crippen LogP contribution in [0, 0.1) is 16.0 Å². The number of nitro groups is 1. The zero-order valence-corrected chi connectivity index (χ0v) is 19.5. The van der Waals surface area contributed by atoms with Gasteiger partial charge in [0.05, 0.1) is 23.0 Å². The van der Waals surface area contributed by atoms with Crippen LogP contribution < -0.4 is 0 Å². The van der Waals surface area contributed by atoms with E-state index in [0.717, 1.165) is 5.56 Å². The summed E-state index contributed by atoms with van der Waals surface area (Å²) in [5.74, 6) is -2.45. The molecule has 0 saturated carbocycles. The smallest absolute Gasteiger partial charge is 0.341 e. The van der Waals surface area contributed by atoms with Gasteiger partial charge in [0, 0.05) is 31.6 Å². The highest BCUT2D eigenvalue weighted by molar-refractivity contribution is 6.16. The molecule has 2 heterocycles. The standard InChI is InChI=1S/C25H27N3O7/c1-16(29)22-20-12-21(30)25(27(20)23(22)31,15-26(2)13-17-6-4-3-5-7-17)24(32)35-14-18-8-10-19(11-9-18)28(33)34/h3-11,16,20,22,29H,12-15H2,1-2H3/t16-,20-,22-,25+/m1/s1. The number of carbonyl (C=O) groups excluding carboxylic acids is 3. The second-order valence-corrected chi connectivity index (χ2v) is 9.19. The van der Waals surface area contributed by atoms with Crippen molar-refractivity contribution < 1.29 is 29.2 Å². The van der Waals surface area contributed by atoms with Crippen LogP contribution in [-0.2, 0) is 32.3 Å². The number of fused-ring (bicyclic) bond motifs is 1. The topological polar surface area (TPSA) is 130 Å². The monoisotopic (exact) mass is 481 g/mol. The number of hydrogen-bond donors (Lipinski definition) is 1. The number of carbonyl (C=O) groups is 3. The molecular weight excluding hydrogens is 454 g/mol. The lowest BCUT2D eigenvalue weighted by Gasteiger charge is -2.50. The minimum atomic E-state index is -1.82. The fourth-order valence-electron chi connectivity index (χ4n) is 5.04. The summed E-state index contributed by atoms with van der Waals surface area (Å²) in [6.45, 7) is 1.67. The number of ketones is 1. The van der Waals surface area contributed by atoms with Gasteiger partial charge in [-0.25, -0.2) is 4.79 Å². The van der Waals surface area contributed by atoms with Crippen molar-refractivity contribution in [1.82, 2.24) is 9.80 Å². The van der Waals surface area contributed by atoms with E-state index in [1.54, 1.807) is 11.9 Å². The van der Waals surface area contributed by atoms with Crippen molar-refractivity contribution >= 4 is 23.3 Å². The first kappa shape index (κ1) is 24.5. The van der Waals surface area contributed by atoms with Gasteiger partial charge in [-0.2, -0.15) is 0 Å². The summed E-state index contributed by atoms with van der Waals surface area (Å²) in [7, 11) is 1.76. The van der Waals surface area contributed by atoms with Gasteiger partial charge in [-0.1, -0.05) is 30.3 Å². The predicted octanol–water partition coefficient (Wildman–Crippen LogP) is 1.69. The summed E-state index contributed by atoms with van der Waals surface area (Å²) in [6.07, 6.45) is -0.974. The number of nitro benzene ring substituents is 1. The van der Waals surface area contributed by atoms with Gasteiger partial charge >= 0.3 is 5.97 Å². The fraction of sp³-hybridized carbons (Fsp3) is 0.400. The second-order valence-electron chi connectivity index (χ2n) is 9.19. The number of likely N-dealkylation sites (N-methyl/N-ethyl adjacent to an activating group) is 1. The number of aliphatic hydroxyl groups is 1. The molecule has 10 heteroatoms. The molecule has 0 aliphatic carbocycles. The van der Waals surface area contributed by atoms with Crippen LogP contribution in [-0.4, -0.2) is 68.8 Å². The number of aliphatic hydroxyl groups excluding tert-OH is 1. The van der Waals surface area contributed by atoms with Crippen molar-refractivity contribution in [3.8, 4) is 0 Å². The zero-order chi connectivity index (χ0) is 25.3. The molecule has 0 aromatic heterocycles. The Balaban J connectivity index is 1.57. The molecule has 2 saturated heterocycles. The molecule has 2 aromatic carbocycles. The van der Waals surface area contributed by atoms with Gasteiger partial charge in [-0.3, -0.25) is 24.6 Å². The van der Waals surface area contributed by atoms with Crippen LogP contribution in [0.4, 0.5) is 5.69 Å². The lowest BCUT2D eigenvalue weighted by molar-refractivity contribution is -0.384. The number of nitrogens with zero attached hydrogens (tertiary/aromatic N) is 3. The quantitative estimate of drug-likeness (QED) is 0.188. The Morgan fingerprint density at radius 1 is 1.20 bits per heavy atom. The molecule has 0 unspecified atom stereocenters. The van der Waals surface area contributed by atoms with Crippen molar-refractivity contribution in [3.63, 3.8) is 0 Å². The SMILES string of the molecule is C[C@@H](O)[C@H]1C(=O)N2[C@@H]1CC(=O)[C@@]2(CN(C)Cc1ccccc1)C(=O)OCc1ccc([N+](=O)[O-])cc1. The Bertz CT molecular complexity index is 1140. The number of β-lactam (4-membered cyclic amide) rings is 1. The minimum Gasteiger partial charge on any atom is -0.459 e. The van der Waals surface area contributed by atoms with E-state index in [2.05, 4.69) is 0 Å². The molecule has 2 aliphatic heterocycles. The van der Waals surface area contributed by atoms with Crippen LogP contribution in [0.5, 0.6) is 0 Å². The number of rotatable bonds is 9. The first-order valence-electron chi connectivity index (χ1n) is 11.3. The second kappa shape index (κ2) is 9.55. The van der Waals surface area contributed by atoms with Gasteiger partial charge in [-0.15, -0.1) is 0 Å². The third-order valence-corrected chi connectivity index (χ3v) is 6.70. The van der Waals surface area contributed by atoms with Crippen molar-refractivity contribution in [2.24, 2.45) is 5.92 Å². The third-order valence-electron chi connectivity index (χ3n) is 6.70. The number of Topliss-reactive ketones (excluding diaryl/α,β-unsaturated/α-hetero) is 1. The maximum absolute atomic E-state index is 13.5. The number of hydrogen-bond acceptors (Lipinski definition) is 8. The Kier molecular flexibility index (Phi) is 6.68. The molecule has 1 amide bonds. The van der Waals surface area contributed by atoms with Gasteiger partial charge in [0.15, 0.2) is 5.78 Å². The zero-order valence-electron chi connectivity index (χ0n) is 19.5. The summed E-state index contributed by atoms with van der Waals surface area (Å²) >= 11 is 0. The first-order chi connectivity index (χ1) is 16.6. The predicted molar refractivity (Wildman–Crippen MR) is 124 cm³/mol. The first-order valence-corrected chi connectivity index (χ1v) is 11.3. The molecule has 0 radical (unpaired) electrons. The van der Waals surface area contributed by atoms with E-state index in [0.29, 0.717) is 12.1 Å². The summed E-state index contributed by atoms with van der Waals surface area (Å²) in [4.78, 5) is 53.3. The Labute approximate surface area is 202 Å². The highest BCUT2D eigenvalue weighted by Crippen LogP contribution is 2.46. The van der Waals surface area contributed by atoms with Gasteiger partial charge in [0.1, 0.15) is 6.61 Å². The van der Waals surface area contributed by atoms with Crippen molar-refractivity contribution in [2.75, 3.05) is 13.6 Å². The number of esters is 1. The molecule has 4 atom stereocenters. The van der Waals surface area contributed by atoms with E-state index in [4.69, 9.17) is 4.74 Å². The van der Waals surface area contributed by atoms with Crippen LogP contribution >= 0.6 is 0 Å². The highest BCUT2D eigenvalue weighted by atomic mass is 16.6. The number of amides is 1. The van der Waals surface area contributed by atoms with Gasteiger partial charge in [0.2, 0.25) is 11.4 Å². The lowest BCUT2D eigenvalue weighted by Crippen LogP contribution is -2.72. The molecule has 0 spiro atoms. The lowest BCUT2D eigenvalue weighted by atomic mass is 9.83. The molecule has 184 valence electrons. The Morgan fingerprint density at radius 2 is 1.86 bits per heavy atom. The van der Waals surface area contributed by atoms with E-state index >= 15 is 0 Å². The summed E-state index contributed by atoms with van der Waals surface area (Å²) in [6, 6.07) is 14.5. The van der Waals surface area contributed by atoms with E-state index in [1.807, 2.05) is 30.3 Å². The number of ether oxygens (including phenoxy) is 1. The molecule has 1 N–H and O–H groups in total. The maximum Gasteiger partial charge on any atom is 0.341 e. The molecule has 0 bridgehead atoms. The number of benzene rings is 2. The summed E-state index contributed by atoms with van der Waals surface area (Å²) in [5, 5.41) is 20.9. The highest BCUT2D eigenvalue weighted by Gasteiger charge is 2.70. The minimum absolute atomic E-state index is 0.0346. The van der Waals surface area contributed by atoms with Crippen molar-refractivity contribution in [2.45, 2.75) is 44.2 Å². The van der Waals surface area contributed by atoms with E-state index in [1.165, 1.54) is 36.1 Å². The number of non-ortho nitro benzene ring substituents is 1. The molecule has 2 aromatic rings. The van der Waals surface area contributed by atoms with Crippen LogP contribution in [0.2, 0.25) is 0 Å². The van der Waals surface area contributed by atoms with Crippen LogP contribution in [0.15, 0.2) is 54.6 Å². The van der Waals surface area contributed by atoms with Gasteiger partial charge < -0.3 is 14.7 Å². The molecule has 10 nitrogen and oxygen atoms in total. The van der Waals surface area contributed by atoms with Gasteiger partial charge in [-0.05, 0) is 37.2 Å². The largest absolute Gasteiger partial charge is 0.459 e.